The van der Waals surface area contributed by atoms with E-state index >= 15 is 0 Å². The Bertz CT molecular complexity index is 845. The average Bonchev–Trinajstić information content (AvgIpc) is 3.20. The van der Waals surface area contributed by atoms with Gasteiger partial charge in [0.05, 0.1) is 23.3 Å². The van der Waals surface area contributed by atoms with Gasteiger partial charge in [-0.3, -0.25) is 4.68 Å². The lowest BCUT2D eigenvalue weighted by molar-refractivity contribution is 0.192. The lowest BCUT2D eigenvalue weighted by Gasteiger charge is -2.01. The summed E-state index contributed by atoms with van der Waals surface area (Å²) in [4.78, 5) is 9.14. The van der Waals surface area contributed by atoms with Crippen molar-refractivity contribution < 1.29 is 9.26 Å². The van der Waals surface area contributed by atoms with Crippen molar-refractivity contribution in [3.05, 3.63) is 23.3 Å². The van der Waals surface area contributed by atoms with E-state index in [2.05, 4.69) is 20.2 Å². The first kappa shape index (κ1) is 13.4. The zero-order valence-electron chi connectivity index (χ0n) is 12.8. The number of hydrogen-bond donors (Lipinski definition) is 0. The molecule has 1 unspecified atom stereocenters. The third kappa shape index (κ3) is 2.00. The topological polar surface area (TPSA) is 78.9 Å². The average molecular weight is 299 g/mol. The highest BCUT2D eigenvalue weighted by Gasteiger charge is 2.25. The van der Waals surface area contributed by atoms with Crippen molar-refractivity contribution in [2.75, 3.05) is 13.2 Å². The predicted molar refractivity (Wildman–Crippen MR) is 79.5 cm³/mol. The lowest BCUT2D eigenvalue weighted by Crippen LogP contribution is -1.99. The fourth-order valence-corrected chi connectivity index (χ4v) is 2.99. The van der Waals surface area contributed by atoms with E-state index in [1.165, 1.54) is 0 Å². The summed E-state index contributed by atoms with van der Waals surface area (Å²) in [6.07, 6.45) is 0.940. The van der Waals surface area contributed by atoms with E-state index < -0.39 is 0 Å². The van der Waals surface area contributed by atoms with E-state index in [0.29, 0.717) is 12.5 Å². The Morgan fingerprint density at radius 3 is 2.91 bits per heavy atom. The number of pyridine rings is 1. The number of aromatic nitrogens is 5. The van der Waals surface area contributed by atoms with E-state index in [1.54, 1.807) is 4.68 Å². The summed E-state index contributed by atoms with van der Waals surface area (Å²) >= 11 is 0. The molecule has 22 heavy (non-hydrogen) atoms. The Morgan fingerprint density at radius 2 is 2.14 bits per heavy atom. The second kappa shape index (κ2) is 4.88. The summed E-state index contributed by atoms with van der Waals surface area (Å²) in [6, 6.07) is 1.97. The van der Waals surface area contributed by atoms with Gasteiger partial charge in [0.25, 0.3) is 5.89 Å². The molecule has 1 aliphatic heterocycles. The number of ether oxygens (including phenoxy) is 1. The van der Waals surface area contributed by atoms with Crippen LogP contribution in [-0.4, -0.2) is 38.1 Å². The lowest BCUT2D eigenvalue weighted by atomic mass is 10.1. The minimum atomic E-state index is 0.228. The first-order valence-corrected chi connectivity index (χ1v) is 7.36. The zero-order chi connectivity index (χ0) is 15.3. The maximum absolute atomic E-state index is 5.51. The van der Waals surface area contributed by atoms with E-state index in [9.17, 15) is 0 Å². The van der Waals surface area contributed by atoms with E-state index in [0.717, 1.165) is 46.8 Å². The molecule has 4 rings (SSSR count). The van der Waals surface area contributed by atoms with Crippen molar-refractivity contribution in [1.82, 2.24) is 24.9 Å². The second-order valence-corrected chi connectivity index (χ2v) is 5.74. The molecule has 0 N–H and O–H groups in total. The number of fused-ring (bicyclic) bond motifs is 1. The van der Waals surface area contributed by atoms with Gasteiger partial charge in [0.2, 0.25) is 0 Å². The van der Waals surface area contributed by atoms with Crippen molar-refractivity contribution in [3.8, 4) is 11.5 Å². The molecule has 1 aliphatic rings. The number of rotatable bonds is 2. The molecule has 0 saturated carbocycles. The van der Waals surface area contributed by atoms with Crippen LogP contribution in [-0.2, 0) is 11.8 Å². The Balaban J connectivity index is 1.87. The first-order chi connectivity index (χ1) is 10.6. The standard InChI is InChI=1S/C15H17N5O2/c1-8-6-11(12-9(2)18-20(3)14(12)16-8)15-17-13(19-22-15)10-4-5-21-7-10/h6,10H,4-5,7H2,1-3H3. The minimum Gasteiger partial charge on any atom is -0.381 e. The SMILES string of the molecule is Cc1cc(-c2nc(C3CCOC3)no2)c2c(C)nn(C)c2n1. The molecular formula is C15H17N5O2. The van der Waals surface area contributed by atoms with Gasteiger partial charge in [-0.05, 0) is 26.3 Å². The Hall–Kier alpha value is -2.28. The zero-order valence-corrected chi connectivity index (χ0v) is 12.8. The van der Waals surface area contributed by atoms with Crippen LogP contribution in [0.3, 0.4) is 0 Å². The molecule has 0 bridgehead atoms. The van der Waals surface area contributed by atoms with Crippen LogP contribution in [0.25, 0.3) is 22.5 Å². The second-order valence-electron chi connectivity index (χ2n) is 5.74. The summed E-state index contributed by atoms with van der Waals surface area (Å²) < 4.78 is 12.7. The first-order valence-electron chi connectivity index (χ1n) is 7.36. The molecule has 4 heterocycles. The van der Waals surface area contributed by atoms with Crippen molar-refractivity contribution in [1.29, 1.82) is 0 Å². The third-order valence-corrected chi connectivity index (χ3v) is 4.06. The molecule has 3 aromatic rings. The molecule has 114 valence electrons. The van der Waals surface area contributed by atoms with Crippen LogP contribution in [0, 0.1) is 13.8 Å². The van der Waals surface area contributed by atoms with Crippen LogP contribution in [0.4, 0.5) is 0 Å². The Labute approximate surface area is 127 Å². The normalized spacial score (nSPS) is 18.4. The van der Waals surface area contributed by atoms with Gasteiger partial charge in [-0.15, -0.1) is 0 Å². The van der Waals surface area contributed by atoms with Crippen LogP contribution < -0.4 is 0 Å². The molecule has 1 saturated heterocycles. The minimum absolute atomic E-state index is 0.228. The number of aryl methyl sites for hydroxylation is 3. The van der Waals surface area contributed by atoms with Crippen molar-refractivity contribution in [3.63, 3.8) is 0 Å². The van der Waals surface area contributed by atoms with Gasteiger partial charge < -0.3 is 9.26 Å². The summed E-state index contributed by atoms with van der Waals surface area (Å²) in [5.41, 5.74) is 3.53. The van der Waals surface area contributed by atoms with Crippen molar-refractivity contribution in [2.45, 2.75) is 26.2 Å². The Morgan fingerprint density at radius 1 is 1.27 bits per heavy atom. The van der Waals surface area contributed by atoms with Crippen LogP contribution in [0.15, 0.2) is 10.6 Å². The summed E-state index contributed by atoms with van der Waals surface area (Å²) in [5.74, 6) is 1.47. The molecule has 1 fully saturated rings. The van der Waals surface area contributed by atoms with E-state index in [1.807, 2.05) is 27.0 Å². The third-order valence-electron chi connectivity index (χ3n) is 4.06. The number of nitrogens with zero attached hydrogens (tertiary/aromatic N) is 5. The number of hydrogen-bond acceptors (Lipinski definition) is 6. The van der Waals surface area contributed by atoms with Crippen LogP contribution in [0.5, 0.6) is 0 Å². The quantitative estimate of drug-likeness (QED) is 0.721. The van der Waals surface area contributed by atoms with Gasteiger partial charge in [0, 0.05) is 25.3 Å². The molecule has 0 aromatic carbocycles. The maximum Gasteiger partial charge on any atom is 0.258 e. The Kier molecular flexibility index (Phi) is 2.97. The molecule has 0 amide bonds. The van der Waals surface area contributed by atoms with Gasteiger partial charge in [-0.1, -0.05) is 5.16 Å². The molecular weight excluding hydrogens is 282 g/mol. The highest BCUT2D eigenvalue weighted by Crippen LogP contribution is 2.31. The molecule has 3 aromatic heterocycles. The van der Waals surface area contributed by atoms with Gasteiger partial charge >= 0.3 is 0 Å². The van der Waals surface area contributed by atoms with Crippen molar-refractivity contribution >= 4 is 11.0 Å². The van der Waals surface area contributed by atoms with Gasteiger partial charge in [0.1, 0.15) is 0 Å². The molecule has 0 radical (unpaired) electrons. The van der Waals surface area contributed by atoms with E-state index in [-0.39, 0.29) is 5.92 Å². The van der Waals surface area contributed by atoms with Crippen molar-refractivity contribution in [2.24, 2.45) is 7.05 Å². The van der Waals surface area contributed by atoms with Gasteiger partial charge in [-0.25, -0.2) is 4.98 Å². The van der Waals surface area contributed by atoms with E-state index in [4.69, 9.17) is 9.26 Å². The summed E-state index contributed by atoms with van der Waals surface area (Å²) in [5, 5.41) is 9.54. The molecule has 1 atom stereocenters. The van der Waals surface area contributed by atoms with Crippen LogP contribution in [0.1, 0.15) is 29.6 Å². The summed E-state index contributed by atoms with van der Waals surface area (Å²) in [6.45, 7) is 5.34. The van der Waals surface area contributed by atoms with Crippen LogP contribution in [0.2, 0.25) is 0 Å². The largest absolute Gasteiger partial charge is 0.381 e. The molecule has 7 nitrogen and oxygen atoms in total. The van der Waals surface area contributed by atoms with Crippen LogP contribution >= 0.6 is 0 Å². The summed E-state index contributed by atoms with van der Waals surface area (Å²) in [7, 11) is 1.89. The monoisotopic (exact) mass is 299 g/mol. The molecule has 0 aliphatic carbocycles. The smallest absolute Gasteiger partial charge is 0.258 e. The fraction of sp³-hybridized carbons (Fsp3) is 0.467. The molecule has 7 heteroatoms. The highest BCUT2D eigenvalue weighted by atomic mass is 16.5. The van der Waals surface area contributed by atoms with Gasteiger partial charge in [-0.2, -0.15) is 10.1 Å². The fourth-order valence-electron chi connectivity index (χ4n) is 2.99. The maximum atomic E-state index is 5.51. The van der Waals surface area contributed by atoms with Gasteiger partial charge in [0.15, 0.2) is 11.5 Å². The highest BCUT2D eigenvalue weighted by molar-refractivity contribution is 5.92. The molecule has 0 spiro atoms. The predicted octanol–water partition coefficient (Wildman–Crippen LogP) is 2.14.